The number of aromatic nitrogens is 1. The molecule has 0 saturated heterocycles. The first-order valence-corrected chi connectivity index (χ1v) is 9.44. The molecule has 1 saturated carbocycles. The van der Waals surface area contributed by atoms with Crippen LogP contribution in [-0.2, 0) is 10.2 Å². The highest BCUT2D eigenvalue weighted by atomic mass is 79.9. The van der Waals surface area contributed by atoms with Gasteiger partial charge in [0.2, 0.25) is 5.91 Å². The summed E-state index contributed by atoms with van der Waals surface area (Å²) in [5.41, 5.74) is 1.22. The fourth-order valence-corrected chi connectivity index (χ4v) is 3.70. The van der Waals surface area contributed by atoms with Crippen LogP contribution in [0.1, 0.15) is 30.1 Å². The summed E-state index contributed by atoms with van der Waals surface area (Å²) in [7, 11) is 0. The topological polar surface area (TPSA) is 62.2 Å². The summed E-state index contributed by atoms with van der Waals surface area (Å²) in [6.07, 6.45) is 4.34. The van der Waals surface area contributed by atoms with Gasteiger partial charge in [0.15, 0.2) is 0 Å². The highest BCUT2D eigenvalue weighted by Crippen LogP contribution is 2.48. The average molecular weight is 411 g/mol. The highest BCUT2D eigenvalue weighted by Gasteiger charge is 2.51. The minimum Gasteiger partial charge on any atom is -0.387 e. The Morgan fingerprint density at radius 1 is 1.15 bits per heavy atom. The first kappa shape index (κ1) is 17.2. The second kappa shape index (κ2) is 6.82. The molecular formula is C21H19BrN2O2. The standard InChI is InChI=1S/C21H19BrN2O2/c22-18-10-17(11-23-12-18)21(7-8-21)20(26)24-13-19(25)16-6-5-14-3-1-2-4-15(14)9-16/h1-6,9-12,19,25H,7-8,13H2,(H,24,26). The van der Waals surface area contributed by atoms with Gasteiger partial charge in [0.1, 0.15) is 0 Å². The van der Waals surface area contributed by atoms with Crippen LogP contribution in [0, 0.1) is 0 Å². The molecule has 2 N–H and O–H groups in total. The van der Waals surface area contributed by atoms with Crippen molar-refractivity contribution in [1.29, 1.82) is 0 Å². The number of rotatable bonds is 5. The Morgan fingerprint density at radius 3 is 2.65 bits per heavy atom. The predicted molar refractivity (Wildman–Crippen MR) is 105 cm³/mol. The average Bonchev–Trinajstić information content (AvgIpc) is 3.47. The first-order chi connectivity index (χ1) is 12.6. The zero-order valence-electron chi connectivity index (χ0n) is 14.2. The van der Waals surface area contributed by atoms with Gasteiger partial charge in [-0.15, -0.1) is 0 Å². The van der Waals surface area contributed by atoms with E-state index in [0.717, 1.165) is 39.2 Å². The van der Waals surface area contributed by atoms with Gasteiger partial charge in [-0.3, -0.25) is 9.78 Å². The van der Waals surface area contributed by atoms with E-state index < -0.39 is 11.5 Å². The van der Waals surface area contributed by atoms with Gasteiger partial charge < -0.3 is 10.4 Å². The second-order valence-electron chi connectivity index (χ2n) is 6.81. The van der Waals surface area contributed by atoms with Crippen molar-refractivity contribution in [2.24, 2.45) is 0 Å². The number of pyridine rings is 1. The van der Waals surface area contributed by atoms with Crippen LogP contribution in [0.5, 0.6) is 0 Å². The fourth-order valence-electron chi connectivity index (χ4n) is 3.34. The molecule has 1 aliphatic carbocycles. The Morgan fingerprint density at radius 2 is 1.92 bits per heavy atom. The number of nitrogens with one attached hydrogen (secondary N) is 1. The van der Waals surface area contributed by atoms with E-state index in [2.05, 4.69) is 26.2 Å². The van der Waals surface area contributed by atoms with Gasteiger partial charge in [0.25, 0.3) is 0 Å². The van der Waals surface area contributed by atoms with Crippen LogP contribution >= 0.6 is 15.9 Å². The number of hydrogen-bond donors (Lipinski definition) is 2. The van der Waals surface area contributed by atoms with E-state index in [4.69, 9.17) is 0 Å². The van der Waals surface area contributed by atoms with Crippen LogP contribution in [-0.4, -0.2) is 22.5 Å². The molecule has 4 nitrogen and oxygen atoms in total. The van der Waals surface area contributed by atoms with Gasteiger partial charge in [-0.2, -0.15) is 0 Å². The number of hydrogen-bond acceptors (Lipinski definition) is 3. The van der Waals surface area contributed by atoms with Gasteiger partial charge in [-0.1, -0.05) is 36.4 Å². The minimum absolute atomic E-state index is 0.0442. The Kier molecular flexibility index (Phi) is 4.51. The molecule has 2 aromatic carbocycles. The molecule has 4 rings (SSSR count). The van der Waals surface area contributed by atoms with Crippen molar-refractivity contribution >= 4 is 32.6 Å². The maximum absolute atomic E-state index is 12.7. The van der Waals surface area contributed by atoms with Crippen LogP contribution in [0.3, 0.4) is 0 Å². The number of nitrogens with zero attached hydrogens (tertiary/aromatic N) is 1. The molecule has 0 bridgehead atoms. The van der Waals surface area contributed by atoms with Crippen molar-refractivity contribution in [1.82, 2.24) is 10.3 Å². The third kappa shape index (κ3) is 3.24. The third-order valence-electron chi connectivity index (χ3n) is 5.06. The van der Waals surface area contributed by atoms with Crippen LogP contribution in [0.4, 0.5) is 0 Å². The monoisotopic (exact) mass is 410 g/mol. The molecule has 1 fully saturated rings. The number of aliphatic hydroxyl groups excluding tert-OH is 1. The molecule has 1 aromatic heterocycles. The number of benzene rings is 2. The van der Waals surface area contributed by atoms with Crippen LogP contribution in [0.2, 0.25) is 0 Å². The zero-order valence-corrected chi connectivity index (χ0v) is 15.7. The SMILES string of the molecule is O=C(NCC(O)c1ccc2ccccc2c1)C1(c2cncc(Br)c2)CC1. The third-order valence-corrected chi connectivity index (χ3v) is 5.49. The van der Waals surface area contributed by atoms with Crippen molar-refractivity contribution in [2.75, 3.05) is 6.54 Å². The number of aliphatic hydroxyl groups is 1. The van der Waals surface area contributed by atoms with E-state index >= 15 is 0 Å². The van der Waals surface area contributed by atoms with E-state index in [1.54, 1.807) is 12.4 Å². The molecule has 1 amide bonds. The summed E-state index contributed by atoms with van der Waals surface area (Å²) in [5.74, 6) is -0.0442. The van der Waals surface area contributed by atoms with Gasteiger partial charge in [-0.05, 0) is 62.8 Å². The molecule has 0 aliphatic heterocycles. The van der Waals surface area contributed by atoms with Crippen molar-refractivity contribution in [3.05, 3.63) is 76.5 Å². The van der Waals surface area contributed by atoms with Crippen molar-refractivity contribution in [3.8, 4) is 0 Å². The summed E-state index contributed by atoms with van der Waals surface area (Å²) in [6.45, 7) is 0.195. The van der Waals surface area contributed by atoms with Gasteiger partial charge in [0, 0.05) is 23.4 Å². The molecule has 26 heavy (non-hydrogen) atoms. The van der Waals surface area contributed by atoms with Crippen LogP contribution in [0.15, 0.2) is 65.4 Å². The highest BCUT2D eigenvalue weighted by molar-refractivity contribution is 9.10. The Hall–Kier alpha value is -2.24. The first-order valence-electron chi connectivity index (χ1n) is 8.65. The Bertz CT molecular complexity index is 969. The van der Waals surface area contributed by atoms with Crippen molar-refractivity contribution in [3.63, 3.8) is 0 Å². The molecular weight excluding hydrogens is 392 g/mol. The normalized spacial score (nSPS) is 16.2. The summed E-state index contributed by atoms with van der Waals surface area (Å²) in [6, 6.07) is 15.8. The zero-order chi connectivity index (χ0) is 18.1. The largest absolute Gasteiger partial charge is 0.387 e. The number of carbonyl (C=O) groups is 1. The number of amides is 1. The minimum atomic E-state index is -0.736. The Balaban J connectivity index is 1.45. The second-order valence-corrected chi connectivity index (χ2v) is 7.72. The molecule has 0 spiro atoms. The van der Waals surface area contributed by atoms with E-state index in [1.165, 1.54) is 0 Å². The van der Waals surface area contributed by atoms with E-state index in [-0.39, 0.29) is 12.5 Å². The van der Waals surface area contributed by atoms with E-state index in [9.17, 15) is 9.90 Å². The van der Waals surface area contributed by atoms with Gasteiger partial charge >= 0.3 is 0 Å². The molecule has 1 unspecified atom stereocenters. The molecule has 1 heterocycles. The predicted octanol–water partition coefficient (Wildman–Crippen LogP) is 3.88. The molecule has 3 aromatic rings. The molecule has 1 atom stereocenters. The number of fused-ring (bicyclic) bond motifs is 1. The fraction of sp³-hybridized carbons (Fsp3) is 0.238. The molecule has 1 aliphatic rings. The van der Waals surface area contributed by atoms with Gasteiger partial charge in [0.05, 0.1) is 11.5 Å². The summed E-state index contributed by atoms with van der Waals surface area (Å²) in [5, 5.41) is 15.6. The maximum atomic E-state index is 12.7. The summed E-state index contributed by atoms with van der Waals surface area (Å²) >= 11 is 3.41. The lowest BCUT2D eigenvalue weighted by Crippen LogP contribution is -2.37. The summed E-state index contributed by atoms with van der Waals surface area (Å²) < 4.78 is 0.866. The molecule has 0 radical (unpaired) electrons. The smallest absolute Gasteiger partial charge is 0.230 e. The van der Waals surface area contributed by atoms with E-state index in [1.807, 2.05) is 48.5 Å². The maximum Gasteiger partial charge on any atom is 0.230 e. The van der Waals surface area contributed by atoms with E-state index in [0.29, 0.717) is 0 Å². The summed E-state index contributed by atoms with van der Waals surface area (Å²) in [4.78, 5) is 16.9. The van der Waals surface area contributed by atoms with Crippen LogP contribution in [0.25, 0.3) is 10.8 Å². The van der Waals surface area contributed by atoms with Gasteiger partial charge in [-0.25, -0.2) is 0 Å². The molecule has 5 heteroatoms. The van der Waals surface area contributed by atoms with Crippen LogP contribution < -0.4 is 5.32 Å². The Labute approximate surface area is 160 Å². The lowest BCUT2D eigenvalue weighted by atomic mass is 9.96. The quantitative estimate of drug-likeness (QED) is 0.670. The lowest BCUT2D eigenvalue weighted by molar-refractivity contribution is -0.124. The number of carbonyl (C=O) groups excluding carboxylic acids is 1. The number of halogens is 1. The van der Waals surface area contributed by atoms with Crippen molar-refractivity contribution < 1.29 is 9.90 Å². The molecule has 132 valence electrons. The van der Waals surface area contributed by atoms with Crippen molar-refractivity contribution in [2.45, 2.75) is 24.4 Å². The lowest BCUT2D eigenvalue weighted by Gasteiger charge is -2.18.